The van der Waals surface area contributed by atoms with E-state index in [1.54, 1.807) is 17.4 Å². The maximum absolute atomic E-state index is 12.0. The first kappa shape index (κ1) is 18.9. The topological polar surface area (TPSA) is 79.4 Å². The first-order valence-electron chi connectivity index (χ1n) is 7.15. The normalized spacial score (nSPS) is 13.0. The van der Waals surface area contributed by atoms with Gasteiger partial charge in [0.1, 0.15) is 4.90 Å². The lowest BCUT2D eigenvalue weighted by atomic mass is 10.3. The number of thiophene rings is 1. The number of amides is 1. The van der Waals surface area contributed by atoms with Crippen molar-refractivity contribution in [3.05, 3.63) is 40.7 Å². The first-order chi connectivity index (χ1) is 11.3. The summed E-state index contributed by atoms with van der Waals surface area (Å²) in [6.07, 6.45) is 1.31. The van der Waals surface area contributed by atoms with Crippen molar-refractivity contribution in [3.8, 4) is 0 Å². The SMILES string of the molecule is C[C@@H](NC(=O)CSc1ccc(S(=O)(=O)N(C)C)cn1)c1cccs1. The molecule has 0 spiro atoms. The number of nitrogens with zero attached hydrogens (tertiary/aromatic N) is 2. The molecule has 0 fully saturated rings. The highest BCUT2D eigenvalue weighted by Crippen LogP contribution is 2.20. The minimum absolute atomic E-state index is 0.0290. The number of carbonyl (C=O) groups is 1. The Labute approximate surface area is 150 Å². The molecule has 6 nitrogen and oxygen atoms in total. The summed E-state index contributed by atoms with van der Waals surface area (Å²) >= 11 is 2.87. The second-order valence-corrected chi connectivity index (χ2v) is 9.34. The number of rotatable bonds is 7. The Morgan fingerprint density at radius 1 is 1.38 bits per heavy atom. The van der Waals surface area contributed by atoms with E-state index in [9.17, 15) is 13.2 Å². The average Bonchev–Trinajstić information content (AvgIpc) is 3.07. The molecule has 0 bridgehead atoms. The first-order valence-corrected chi connectivity index (χ1v) is 10.5. The molecule has 2 rings (SSSR count). The van der Waals surface area contributed by atoms with Crippen LogP contribution in [0.1, 0.15) is 17.8 Å². The van der Waals surface area contributed by atoms with Crippen LogP contribution in [0.2, 0.25) is 0 Å². The largest absolute Gasteiger partial charge is 0.348 e. The van der Waals surface area contributed by atoms with Crippen LogP contribution in [0.3, 0.4) is 0 Å². The molecule has 9 heteroatoms. The van der Waals surface area contributed by atoms with Gasteiger partial charge in [0, 0.05) is 25.2 Å². The molecule has 0 radical (unpaired) electrons. The maximum atomic E-state index is 12.0. The van der Waals surface area contributed by atoms with Crippen molar-refractivity contribution in [2.75, 3.05) is 19.8 Å². The van der Waals surface area contributed by atoms with Gasteiger partial charge in [-0.05, 0) is 30.5 Å². The highest BCUT2D eigenvalue weighted by atomic mass is 32.2. The van der Waals surface area contributed by atoms with Crippen molar-refractivity contribution in [3.63, 3.8) is 0 Å². The number of nitrogens with one attached hydrogen (secondary N) is 1. The van der Waals surface area contributed by atoms with Crippen LogP contribution in [-0.4, -0.2) is 43.5 Å². The smallest absolute Gasteiger partial charge is 0.244 e. The van der Waals surface area contributed by atoms with Crippen LogP contribution in [0.15, 0.2) is 45.8 Å². The predicted octanol–water partition coefficient (Wildman–Crippen LogP) is 2.36. The number of hydrogen-bond acceptors (Lipinski definition) is 6. The van der Waals surface area contributed by atoms with Gasteiger partial charge in [-0.3, -0.25) is 4.79 Å². The van der Waals surface area contributed by atoms with Crippen LogP contribution in [-0.2, 0) is 14.8 Å². The van der Waals surface area contributed by atoms with Gasteiger partial charge in [-0.2, -0.15) is 0 Å². The summed E-state index contributed by atoms with van der Waals surface area (Å²) in [6, 6.07) is 7.01. The summed E-state index contributed by atoms with van der Waals surface area (Å²) in [4.78, 5) is 17.3. The third-order valence-corrected chi connectivity index (χ3v) is 6.98. The zero-order valence-corrected chi connectivity index (χ0v) is 16.0. The molecule has 2 aromatic rings. The van der Waals surface area contributed by atoms with Gasteiger partial charge in [-0.15, -0.1) is 11.3 Å². The Kier molecular flexibility index (Phi) is 6.39. The van der Waals surface area contributed by atoms with Gasteiger partial charge < -0.3 is 5.32 Å². The lowest BCUT2D eigenvalue weighted by Crippen LogP contribution is -2.27. The van der Waals surface area contributed by atoms with E-state index < -0.39 is 10.0 Å². The predicted molar refractivity (Wildman–Crippen MR) is 96.7 cm³/mol. The molecule has 1 atom stereocenters. The summed E-state index contributed by atoms with van der Waals surface area (Å²) in [7, 11) is -0.544. The molecule has 2 aromatic heterocycles. The van der Waals surface area contributed by atoms with Crippen LogP contribution in [0.5, 0.6) is 0 Å². The van der Waals surface area contributed by atoms with Crippen LogP contribution in [0, 0.1) is 0 Å². The summed E-state index contributed by atoms with van der Waals surface area (Å²) < 4.78 is 25.1. The van der Waals surface area contributed by atoms with Gasteiger partial charge in [-0.25, -0.2) is 17.7 Å². The third kappa shape index (κ3) is 4.79. The highest BCUT2D eigenvalue weighted by Gasteiger charge is 2.17. The molecule has 0 aliphatic heterocycles. The summed E-state index contributed by atoms with van der Waals surface area (Å²) in [5.41, 5.74) is 0. The Bertz CT molecular complexity index is 772. The fourth-order valence-corrected chi connectivity index (χ4v) is 4.08. The molecular weight excluding hydrogens is 366 g/mol. The Hall–Kier alpha value is -1.42. The van der Waals surface area contributed by atoms with Crippen molar-refractivity contribution >= 4 is 39.0 Å². The number of pyridine rings is 1. The monoisotopic (exact) mass is 385 g/mol. The van der Waals surface area contributed by atoms with Crippen LogP contribution in [0.25, 0.3) is 0 Å². The molecular formula is C15H19N3O3S3. The van der Waals surface area contributed by atoms with E-state index in [1.165, 1.54) is 38.1 Å². The Morgan fingerprint density at radius 3 is 2.67 bits per heavy atom. The lowest BCUT2D eigenvalue weighted by molar-refractivity contribution is -0.119. The molecule has 24 heavy (non-hydrogen) atoms. The fourth-order valence-electron chi connectivity index (χ4n) is 1.85. The van der Waals surface area contributed by atoms with E-state index in [0.29, 0.717) is 5.03 Å². The van der Waals surface area contributed by atoms with Gasteiger partial charge in [0.05, 0.1) is 16.8 Å². The van der Waals surface area contributed by atoms with E-state index >= 15 is 0 Å². The summed E-state index contributed by atoms with van der Waals surface area (Å²) in [5, 5.41) is 5.50. The molecule has 0 aliphatic carbocycles. The summed E-state index contributed by atoms with van der Waals surface area (Å²) in [5.74, 6) is 0.135. The number of carbonyl (C=O) groups excluding carboxylic acids is 1. The minimum atomic E-state index is -3.48. The van der Waals surface area contributed by atoms with E-state index in [-0.39, 0.29) is 22.6 Å². The van der Waals surface area contributed by atoms with E-state index in [2.05, 4.69) is 10.3 Å². The molecule has 0 unspecified atom stereocenters. The van der Waals surface area contributed by atoms with Gasteiger partial charge in [0.25, 0.3) is 0 Å². The molecule has 0 aliphatic rings. The van der Waals surface area contributed by atoms with Crippen molar-refractivity contribution in [1.29, 1.82) is 0 Å². The quantitative estimate of drug-likeness (QED) is 0.740. The van der Waals surface area contributed by atoms with Crippen LogP contribution in [0.4, 0.5) is 0 Å². The maximum Gasteiger partial charge on any atom is 0.244 e. The van der Waals surface area contributed by atoms with Crippen molar-refractivity contribution in [2.24, 2.45) is 0 Å². The average molecular weight is 386 g/mol. The van der Waals surface area contributed by atoms with E-state index in [1.807, 2.05) is 24.4 Å². The van der Waals surface area contributed by atoms with Crippen LogP contribution >= 0.6 is 23.1 Å². The molecule has 2 heterocycles. The van der Waals surface area contributed by atoms with Gasteiger partial charge in [0.15, 0.2) is 0 Å². The fraction of sp³-hybridized carbons (Fsp3) is 0.333. The van der Waals surface area contributed by atoms with Gasteiger partial charge >= 0.3 is 0 Å². The number of thioether (sulfide) groups is 1. The molecule has 0 saturated heterocycles. The van der Waals surface area contributed by atoms with E-state index in [0.717, 1.165) is 9.18 Å². The molecule has 1 amide bonds. The number of hydrogen-bond donors (Lipinski definition) is 1. The number of sulfonamides is 1. The van der Waals surface area contributed by atoms with Crippen LogP contribution < -0.4 is 5.32 Å². The highest BCUT2D eigenvalue weighted by molar-refractivity contribution is 7.99. The van der Waals surface area contributed by atoms with Crippen molar-refractivity contribution in [1.82, 2.24) is 14.6 Å². The molecule has 1 N–H and O–H groups in total. The zero-order chi connectivity index (χ0) is 17.7. The molecule has 130 valence electrons. The van der Waals surface area contributed by atoms with Gasteiger partial charge in [-0.1, -0.05) is 17.8 Å². The molecule has 0 aromatic carbocycles. The molecule has 0 saturated carbocycles. The standard InChI is InChI=1S/C15H19N3O3S3/c1-11(13-5-4-8-22-13)17-14(19)10-23-15-7-6-12(9-16-15)24(20,21)18(2)3/h4-9,11H,10H2,1-3H3,(H,17,19)/t11-/m1/s1. The lowest BCUT2D eigenvalue weighted by Gasteiger charge is -2.12. The second-order valence-electron chi connectivity index (χ2n) is 5.21. The minimum Gasteiger partial charge on any atom is -0.348 e. The zero-order valence-electron chi connectivity index (χ0n) is 13.6. The van der Waals surface area contributed by atoms with E-state index in [4.69, 9.17) is 0 Å². The second kappa shape index (κ2) is 8.11. The van der Waals surface area contributed by atoms with Crippen molar-refractivity contribution < 1.29 is 13.2 Å². The van der Waals surface area contributed by atoms with Crippen molar-refractivity contribution in [2.45, 2.75) is 22.9 Å². The summed E-state index contributed by atoms with van der Waals surface area (Å²) in [6.45, 7) is 1.94. The Morgan fingerprint density at radius 2 is 2.12 bits per heavy atom. The third-order valence-electron chi connectivity index (χ3n) is 3.19. The van der Waals surface area contributed by atoms with Gasteiger partial charge in [0.2, 0.25) is 15.9 Å². The Balaban J connectivity index is 1.89. The number of aromatic nitrogens is 1.